The Morgan fingerprint density at radius 2 is 1.56 bits per heavy atom. The first-order valence-electron chi connectivity index (χ1n) is 8.67. The smallest absolute Gasteiger partial charge is 0.280 e. The summed E-state index contributed by atoms with van der Waals surface area (Å²) in [4.78, 5) is 40.4. The molecule has 1 saturated heterocycles. The van der Waals surface area contributed by atoms with Gasteiger partial charge in [0.1, 0.15) is 11.9 Å². The second-order valence-corrected chi connectivity index (χ2v) is 6.75. The maximum atomic E-state index is 13.0. The Balaban J connectivity index is 1.59. The maximum Gasteiger partial charge on any atom is 0.280 e. The Morgan fingerprint density at radius 3 is 2.15 bits per heavy atom. The highest BCUT2D eigenvalue weighted by molar-refractivity contribution is 6.22. The zero-order valence-corrected chi connectivity index (χ0v) is 15.1. The third-order valence-electron chi connectivity index (χ3n) is 4.81. The number of likely N-dealkylation sites (tertiary alicyclic amines) is 1. The summed E-state index contributed by atoms with van der Waals surface area (Å²) in [5.41, 5.74) is 0.902. The number of imide groups is 1. The third kappa shape index (κ3) is 2.86. The van der Waals surface area contributed by atoms with Crippen molar-refractivity contribution in [3.05, 3.63) is 65.2 Å². The van der Waals surface area contributed by atoms with Gasteiger partial charge in [0.05, 0.1) is 16.7 Å². The molecule has 0 N–H and O–H groups in total. The number of benzene rings is 2. The van der Waals surface area contributed by atoms with Gasteiger partial charge in [0.15, 0.2) is 0 Å². The summed E-state index contributed by atoms with van der Waals surface area (Å²) in [5, 5.41) is 1.93. The van der Waals surface area contributed by atoms with E-state index in [1.165, 1.54) is 7.05 Å². The second-order valence-electron chi connectivity index (χ2n) is 6.75. The Hall–Kier alpha value is -3.19. The van der Waals surface area contributed by atoms with Crippen LogP contribution >= 0.6 is 0 Å². The lowest BCUT2D eigenvalue weighted by molar-refractivity contribution is 0.0115. The third-order valence-corrected chi connectivity index (χ3v) is 4.81. The van der Waals surface area contributed by atoms with Crippen molar-refractivity contribution in [3.63, 3.8) is 0 Å². The van der Waals surface area contributed by atoms with Crippen LogP contribution in [0, 0.1) is 0 Å². The van der Waals surface area contributed by atoms with E-state index in [0.29, 0.717) is 22.4 Å². The van der Waals surface area contributed by atoms with Gasteiger partial charge in [0.25, 0.3) is 17.7 Å². The quantitative estimate of drug-likeness (QED) is 0.771. The molecule has 0 atom stereocenters. The van der Waals surface area contributed by atoms with Crippen molar-refractivity contribution >= 4 is 17.7 Å². The van der Waals surface area contributed by atoms with Crippen LogP contribution in [0.1, 0.15) is 31.1 Å². The highest BCUT2D eigenvalue weighted by Crippen LogP contribution is 2.27. The first-order valence-corrected chi connectivity index (χ1v) is 8.67. The molecule has 138 valence electrons. The number of carbonyl (C=O) groups is 3. The molecule has 0 aliphatic carbocycles. The van der Waals surface area contributed by atoms with Gasteiger partial charge in [0, 0.05) is 20.1 Å². The zero-order valence-electron chi connectivity index (χ0n) is 15.1. The SMILES string of the molecule is CN1CC(Oc2ccccc2C(=O)N(C)N2C(=O)c3ccccc3C2=O)C1. The molecule has 1 fully saturated rings. The minimum atomic E-state index is -0.509. The average molecular weight is 365 g/mol. The van der Waals surface area contributed by atoms with Crippen LogP contribution in [-0.2, 0) is 0 Å². The summed E-state index contributed by atoms with van der Waals surface area (Å²) < 4.78 is 5.92. The van der Waals surface area contributed by atoms with Crippen molar-refractivity contribution in [2.75, 3.05) is 27.2 Å². The van der Waals surface area contributed by atoms with Crippen LogP contribution in [0.2, 0.25) is 0 Å². The van der Waals surface area contributed by atoms with Crippen LogP contribution in [0.5, 0.6) is 5.75 Å². The second kappa shape index (κ2) is 6.51. The predicted octanol–water partition coefficient (Wildman–Crippen LogP) is 1.66. The Labute approximate surface area is 156 Å². The molecule has 0 saturated carbocycles. The molecule has 2 aliphatic heterocycles. The first kappa shape index (κ1) is 17.2. The Bertz CT molecular complexity index is 901. The van der Waals surface area contributed by atoms with Crippen LogP contribution in [-0.4, -0.2) is 65.9 Å². The highest BCUT2D eigenvalue weighted by Gasteiger charge is 2.40. The summed E-state index contributed by atoms with van der Waals surface area (Å²) in [6.45, 7) is 1.58. The average Bonchev–Trinajstić information content (AvgIpc) is 2.91. The van der Waals surface area contributed by atoms with Gasteiger partial charge >= 0.3 is 0 Å². The monoisotopic (exact) mass is 365 g/mol. The summed E-state index contributed by atoms with van der Waals surface area (Å²) in [7, 11) is 3.41. The molecule has 7 nitrogen and oxygen atoms in total. The van der Waals surface area contributed by atoms with Crippen molar-refractivity contribution in [3.8, 4) is 5.75 Å². The predicted molar refractivity (Wildman–Crippen MR) is 97.4 cm³/mol. The normalized spacial score (nSPS) is 16.9. The van der Waals surface area contributed by atoms with E-state index in [1.807, 2.05) is 7.05 Å². The molecule has 3 amide bonds. The number of carbonyl (C=O) groups excluding carboxylic acids is 3. The van der Waals surface area contributed by atoms with Crippen molar-refractivity contribution in [2.45, 2.75) is 6.10 Å². The summed E-state index contributed by atoms with van der Waals surface area (Å²) in [6, 6.07) is 13.4. The summed E-state index contributed by atoms with van der Waals surface area (Å²) in [5.74, 6) is -1.05. The van der Waals surface area contributed by atoms with E-state index >= 15 is 0 Å². The Kier molecular flexibility index (Phi) is 4.16. The number of hydrogen-bond acceptors (Lipinski definition) is 5. The highest BCUT2D eigenvalue weighted by atomic mass is 16.5. The number of rotatable bonds is 4. The maximum absolute atomic E-state index is 13.0. The number of likely N-dealkylation sites (N-methyl/N-ethyl adjacent to an activating group) is 1. The molecule has 27 heavy (non-hydrogen) atoms. The lowest BCUT2D eigenvalue weighted by Gasteiger charge is -2.36. The topological polar surface area (TPSA) is 70.2 Å². The van der Waals surface area contributed by atoms with E-state index in [4.69, 9.17) is 4.74 Å². The zero-order chi connectivity index (χ0) is 19.1. The molecule has 0 spiro atoms. The molecular formula is C20H19N3O4. The number of nitrogens with zero attached hydrogens (tertiary/aromatic N) is 3. The van der Waals surface area contributed by atoms with Crippen molar-refractivity contribution in [1.29, 1.82) is 0 Å². The van der Waals surface area contributed by atoms with Gasteiger partial charge in [-0.25, -0.2) is 5.01 Å². The summed E-state index contributed by atoms with van der Waals surface area (Å²) >= 11 is 0. The Morgan fingerprint density at radius 1 is 1.00 bits per heavy atom. The summed E-state index contributed by atoms with van der Waals surface area (Å²) in [6.07, 6.45) is 0.0218. The fraction of sp³-hybridized carbons (Fsp3) is 0.250. The van der Waals surface area contributed by atoms with Crippen LogP contribution in [0.25, 0.3) is 0 Å². The molecule has 4 rings (SSSR count). The number of fused-ring (bicyclic) bond motifs is 1. The fourth-order valence-electron chi connectivity index (χ4n) is 3.36. The number of ether oxygens (including phenoxy) is 1. The lowest BCUT2D eigenvalue weighted by atomic mass is 10.1. The van der Waals surface area contributed by atoms with Gasteiger partial charge in [-0.15, -0.1) is 0 Å². The van der Waals surface area contributed by atoms with Gasteiger partial charge in [-0.2, -0.15) is 5.01 Å². The van der Waals surface area contributed by atoms with Crippen LogP contribution < -0.4 is 4.74 Å². The first-order chi connectivity index (χ1) is 13.0. The number of amides is 3. The van der Waals surface area contributed by atoms with E-state index in [9.17, 15) is 14.4 Å². The van der Waals surface area contributed by atoms with Crippen molar-refractivity contribution in [1.82, 2.24) is 14.9 Å². The molecule has 0 radical (unpaired) electrons. The van der Waals surface area contributed by atoms with Gasteiger partial charge in [0.2, 0.25) is 0 Å². The molecule has 0 aromatic heterocycles. The van der Waals surface area contributed by atoms with Gasteiger partial charge < -0.3 is 4.74 Å². The van der Waals surface area contributed by atoms with E-state index < -0.39 is 17.7 Å². The minimum Gasteiger partial charge on any atom is -0.487 e. The number of para-hydroxylation sites is 1. The molecule has 7 heteroatoms. The van der Waals surface area contributed by atoms with E-state index in [0.717, 1.165) is 23.1 Å². The fourth-order valence-corrected chi connectivity index (χ4v) is 3.36. The van der Waals surface area contributed by atoms with Gasteiger partial charge in [-0.1, -0.05) is 24.3 Å². The van der Waals surface area contributed by atoms with Crippen molar-refractivity contribution < 1.29 is 19.1 Å². The van der Waals surface area contributed by atoms with Crippen molar-refractivity contribution in [2.24, 2.45) is 0 Å². The number of hydrogen-bond donors (Lipinski definition) is 0. The number of hydrazine groups is 1. The molecule has 0 unspecified atom stereocenters. The molecule has 2 aromatic rings. The molecule has 2 heterocycles. The molecule has 2 aromatic carbocycles. The minimum absolute atomic E-state index is 0.0218. The van der Waals surface area contributed by atoms with E-state index in [2.05, 4.69) is 4.90 Å². The van der Waals surface area contributed by atoms with Crippen LogP contribution in [0.15, 0.2) is 48.5 Å². The van der Waals surface area contributed by atoms with Crippen LogP contribution in [0.4, 0.5) is 0 Å². The molecule has 2 aliphatic rings. The lowest BCUT2D eigenvalue weighted by Crippen LogP contribution is -2.51. The van der Waals surface area contributed by atoms with E-state index in [1.54, 1.807) is 48.5 Å². The van der Waals surface area contributed by atoms with Gasteiger partial charge in [-0.05, 0) is 31.3 Å². The largest absolute Gasteiger partial charge is 0.487 e. The standard InChI is InChI=1S/C20H19N3O4/c1-21-11-13(12-21)27-17-10-6-5-9-16(17)18(24)22(2)23-19(25)14-7-3-4-8-15(14)20(23)26/h3-10,13H,11-12H2,1-2H3. The van der Waals surface area contributed by atoms with Crippen LogP contribution in [0.3, 0.4) is 0 Å². The van der Waals surface area contributed by atoms with Gasteiger partial charge in [-0.3, -0.25) is 19.3 Å². The van der Waals surface area contributed by atoms with E-state index in [-0.39, 0.29) is 6.10 Å². The molecular weight excluding hydrogens is 346 g/mol. The molecule has 0 bridgehead atoms.